The molecule has 0 aliphatic carbocycles. The molecular formula is C14H17NO4. The average molecular weight is 263 g/mol. The predicted octanol–water partition coefficient (Wildman–Crippen LogP) is 1.55. The first kappa shape index (κ1) is 14.9. The van der Waals surface area contributed by atoms with Gasteiger partial charge in [-0.25, -0.2) is 0 Å². The highest BCUT2D eigenvalue weighted by Gasteiger charge is 2.17. The fraction of sp³-hybridized carbons (Fsp3) is 0.357. The number of carbonyl (C=O) groups is 3. The van der Waals surface area contributed by atoms with Gasteiger partial charge in [0.1, 0.15) is 0 Å². The van der Waals surface area contributed by atoms with Crippen LogP contribution in [0.3, 0.4) is 0 Å². The Kier molecular flexibility index (Phi) is 5.23. The van der Waals surface area contributed by atoms with Crippen LogP contribution in [0.4, 0.5) is 0 Å². The smallest absolute Gasteiger partial charge is 0.303 e. The molecule has 1 aromatic carbocycles. The van der Waals surface area contributed by atoms with Gasteiger partial charge in [0.25, 0.3) is 0 Å². The van der Waals surface area contributed by atoms with Gasteiger partial charge in [-0.3, -0.25) is 14.4 Å². The molecule has 102 valence electrons. The van der Waals surface area contributed by atoms with E-state index in [1.807, 2.05) is 19.1 Å². The summed E-state index contributed by atoms with van der Waals surface area (Å²) in [6.07, 6.45) is -0.363. The summed E-state index contributed by atoms with van der Waals surface area (Å²) in [6.45, 7) is 3.51. The summed E-state index contributed by atoms with van der Waals surface area (Å²) in [6, 6.07) is 6.40. The first-order valence-corrected chi connectivity index (χ1v) is 6.02. The molecule has 0 heterocycles. The molecule has 0 aromatic heterocycles. The van der Waals surface area contributed by atoms with Crippen molar-refractivity contribution in [3.63, 3.8) is 0 Å². The van der Waals surface area contributed by atoms with Crippen molar-refractivity contribution < 1.29 is 19.5 Å². The Balaban J connectivity index is 2.55. The second kappa shape index (κ2) is 6.68. The molecule has 1 atom stereocenters. The van der Waals surface area contributed by atoms with Gasteiger partial charge in [-0.15, -0.1) is 0 Å². The maximum Gasteiger partial charge on any atom is 0.303 e. The Morgan fingerprint density at radius 2 is 1.74 bits per heavy atom. The van der Waals surface area contributed by atoms with Gasteiger partial charge in [0.05, 0.1) is 12.5 Å². The van der Waals surface area contributed by atoms with Crippen LogP contribution in [0.1, 0.15) is 35.7 Å². The summed E-state index contributed by atoms with van der Waals surface area (Å²) in [7, 11) is 0. The summed E-state index contributed by atoms with van der Waals surface area (Å²) in [4.78, 5) is 33.7. The van der Waals surface area contributed by atoms with Crippen molar-refractivity contribution in [3.05, 3.63) is 35.4 Å². The van der Waals surface area contributed by atoms with E-state index in [0.717, 1.165) is 5.56 Å². The zero-order chi connectivity index (χ0) is 14.4. The molecule has 1 aromatic rings. The van der Waals surface area contributed by atoms with Crippen LogP contribution in [0.2, 0.25) is 0 Å². The highest BCUT2D eigenvalue weighted by atomic mass is 16.4. The van der Waals surface area contributed by atoms with Gasteiger partial charge in [-0.2, -0.15) is 0 Å². The number of nitrogens with one attached hydrogen (secondary N) is 1. The maximum absolute atomic E-state index is 12.0. The van der Waals surface area contributed by atoms with E-state index in [1.54, 1.807) is 19.1 Å². The summed E-state index contributed by atoms with van der Waals surface area (Å²) >= 11 is 0. The minimum Gasteiger partial charge on any atom is -0.481 e. The predicted molar refractivity (Wildman–Crippen MR) is 70.0 cm³/mol. The molecule has 2 N–H and O–H groups in total. The number of carbonyl (C=O) groups excluding carboxylic acids is 2. The van der Waals surface area contributed by atoms with E-state index < -0.39 is 17.9 Å². The molecule has 0 spiro atoms. The number of aryl methyl sites for hydroxylation is 1. The number of carboxylic acids is 1. The van der Waals surface area contributed by atoms with E-state index in [1.165, 1.54) is 0 Å². The summed E-state index contributed by atoms with van der Waals surface area (Å²) in [5.74, 6) is -1.66. The Labute approximate surface area is 111 Å². The van der Waals surface area contributed by atoms with Crippen molar-refractivity contribution in [2.24, 2.45) is 0 Å². The minimum atomic E-state index is -1.03. The van der Waals surface area contributed by atoms with Crippen LogP contribution < -0.4 is 5.32 Å². The Morgan fingerprint density at radius 1 is 1.16 bits per heavy atom. The van der Waals surface area contributed by atoms with Crippen LogP contribution in [0.15, 0.2) is 24.3 Å². The first-order valence-electron chi connectivity index (χ1n) is 6.02. The van der Waals surface area contributed by atoms with E-state index in [-0.39, 0.29) is 18.6 Å². The fourth-order valence-electron chi connectivity index (χ4n) is 1.57. The highest BCUT2D eigenvalue weighted by molar-refractivity contribution is 6.01. The fourth-order valence-corrected chi connectivity index (χ4v) is 1.57. The Morgan fingerprint density at radius 3 is 2.26 bits per heavy atom. The topological polar surface area (TPSA) is 83.5 Å². The van der Waals surface area contributed by atoms with Crippen LogP contribution in [0, 0.1) is 6.92 Å². The van der Waals surface area contributed by atoms with E-state index in [4.69, 9.17) is 5.11 Å². The number of Topliss-reactive ketones (excluding diaryl/α,β-unsaturated/α-hetero) is 1. The summed E-state index contributed by atoms with van der Waals surface area (Å²) in [5.41, 5.74) is 1.58. The second-order valence-corrected chi connectivity index (χ2v) is 4.41. The number of hydrogen-bond donors (Lipinski definition) is 2. The van der Waals surface area contributed by atoms with Crippen LogP contribution in [0.5, 0.6) is 0 Å². The largest absolute Gasteiger partial charge is 0.481 e. The van der Waals surface area contributed by atoms with Gasteiger partial charge in [-0.1, -0.05) is 29.8 Å². The monoisotopic (exact) mass is 263 g/mol. The molecule has 0 fully saturated rings. The van der Waals surface area contributed by atoms with Crippen molar-refractivity contribution in [1.82, 2.24) is 5.32 Å². The molecule has 0 saturated carbocycles. The third-order valence-electron chi connectivity index (χ3n) is 2.67. The van der Waals surface area contributed by atoms with E-state index in [0.29, 0.717) is 5.56 Å². The van der Waals surface area contributed by atoms with Gasteiger partial charge in [0.15, 0.2) is 5.78 Å². The molecule has 0 aliphatic rings. The molecule has 0 bridgehead atoms. The van der Waals surface area contributed by atoms with Gasteiger partial charge in [0, 0.05) is 12.0 Å². The second-order valence-electron chi connectivity index (χ2n) is 4.41. The zero-order valence-corrected chi connectivity index (χ0v) is 11.0. The molecule has 0 radical (unpaired) electrons. The van der Waals surface area contributed by atoms with Gasteiger partial charge in [0.2, 0.25) is 5.91 Å². The average Bonchev–Trinajstić information content (AvgIpc) is 2.36. The number of rotatable bonds is 6. The van der Waals surface area contributed by atoms with Crippen LogP contribution in [-0.2, 0) is 9.59 Å². The third-order valence-corrected chi connectivity index (χ3v) is 2.67. The number of amides is 1. The number of hydrogen-bond acceptors (Lipinski definition) is 3. The number of aliphatic carboxylic acids is 1. The van der Waals surface area contributed by atoms with Crippen molar-refractivity contribution in [3.8, 4) is 0 Å². The minimum absolute atomic E-state index is 0.124. The molecular weight excluding hydrogens is 246 g/mol. The van der Waals surface area contributed by atoms with Gasteiger partial charge in [-0.05, 0) is 13.8 Å². The molecule has 5 nitrogen and oxygen atoms in total. The lowest BCUT2D eigenvalue weighted by Crippen LogP contribution is -2.38. The summed E-state index contributed by atoms with van der Waals surface area (Å²) in [5, 5.41) is 11.0. The third kappa shape index (κ3) is 4.91. The molecule has 0 aliphatic heterocycles. The number of carboxylic acid groups (broad SMARTS) is 1. The molecule has 1 rings (SSSR count). The summed E-state index contributed by atoms with van der Waals surface area (Å²) < 4.78 is 0. The Bertz CT molecular complexity index is 479. The lowest BCUT2D eigenvalue weighted by atomic mass is 10.0. The van der Waals surface area contributed by atoms with Crippen molar-refractivity contribution >= 4 is 17.7 Å². The SMILES string of the molecule is Cc1ccc(C(=O)C(C)NC(=O)CCC(=O)O)cc1. The van der Waals surface area contributed by atoms with Crippen LogP contribution in [0.25, 0.3) is 0 Å². The first-order chi connectivity index (χ1) is 8.90. The lowest BCUT2D eigenvalue weighted by molar-refractivity contribution is -0.138. The van der Waals surface area contributed by atoms with Crippen LogP contribution in [-0.4, -0.2) is 28.8 Å². The zero-order valence-electron chi connectivity index (χ0n) is 11.0. The molecule has 19 heavy (non-hydrogen) atoms. The van der Waals surface area contributed by atoms with E-state index in [2.05, 4.69) is 5.32 Å². The Hall–Kier alpha value is -2.17. The van der Waals surface area contributed by atoms with Crippen molar-refractivity contribution in [1.29, 1.82) is 0 Å². The van der Waals surface area contributed by atoms with Crippen LogP contribution >= 0.6 is 0 Å². The number of ketones is 1. The normalized spacial score (nSPS) is 11.7. The van der Waals surface area contributed by atoms with Crippen molar-refractivity contribution in [2.45, 2.75) is 32.7 Å². The van der Waals surface area contributed by atoms with Gasteiger partial charge < -0.3 is 10.4 Å². The standard InChI is InChI=1S/C14H17NO4/c1-9-3-5-11(6-4-9)14(19)10(2)15-12(16)7-8-13(17)18/h3-6,10H,7-8H2,1-2H3,(H,15,16)(H,17,18). The molecule has 1 unspecified atom stereocenters. The van der Waals surface area contributed by atoms with E-state index >= 15 is 0 Å². The molecule has 5 heteroatoms. The number of benzene rings is 1. The maximum atomic E-state index is 12.0. The van der Waals surface area contributed by atoms with E-state index in [9.17, 15) is 14.4 Å². The van der Waals surface area contributed by atoms with Gasteiger partial charge >= 0.3 is 5.97 Å². The highest BCUT2D eigenvalue weighted by Crippen LogP contribution is 2.06. The molecule has 1 amide bonds. The lowest BCUT2D eigenvalue weighted by Gasteiger charge is -2.12. The molecule has 0 saturated heterocycles. The van der Waals surface area contributed by atoms with Crippen molar-refractivity contribution in [2.75, 3.05) is 0 Å². The quantitative estimate of drug-likeness (QED) is 0.763.